The van der Waals surface area contributed by atoms with Crippen molar-refractivity contribution in [1.29, 1.82) is 0 Å². The predicted molar refractivity (Wildman–Crippen MR) is 52.2 cm³/mol. The number of hydrogen-bond donors (Lipinski definition) is 1. The molecule has 0 radical (unpaired) electrons. The van der Waals surface area contributed by atoms with Crippen molar-refractivity contribution in [2.45, 2.75) is 25.4 Å². The molecule has 0 aliphatic heterocycles. The van der Waals surface area contributed by atoms with E-state index in [-0.39, 0.29) is 0 Å². The van der Waals surface area contributed by atoms with Gasteiger partial charge in [-0.05, 0) is 12.8 Å². The molecule has 1 aliphatic carbocycles. The lowest BCUT2D eigenvalue weighted by Gasteiger charge is -2.11. The minimum absolute atomic E-state index is 0.634. The van der Waals surface area contributed by atoms with Gasteiger partial charge in [-0.3, -0.25) is 0 Å². The van der Waals surface area contributed by atoms with E-state index in [1.807, 2.05) is 19.6 Å². The molecule has 1 aromatic heterocycles. The van der Waals surface area contributed by atoms with Gasteiger partial charge in [0, 0.05) is 25.8 Å². The Morgan fingerprint density at radius 3 is 2.92 bits per heavy atom. The molecule has 0 atom stereocenters. The zero-order valence-electron chi connectivity index (χ0n) is 7.90. The number of nitrogens with zero attached hydrogens (tertiary/aromatic N) is 2. The summed E-state index contributed by atoms with van der Waals surface area (Å²) in [4.78, 5) is 4.07. The van der Waals surface area contributed by atoms with Crippen molar-refractivity contribution >= 4 is 0 Å². The van der Waals surface area contributed by atoms with Crippen molar-refractivity contribution in [1.82, 2.24) is 14.9 Å². The Labute approximate surface area is 78.5 Å². The molecule has 0 spiro atoms. The maximum absolute atomic E-state index is 4.07. The summed E-state index contributed by atoms with van der Waals surface area (Å²) in [7, 11) is 2.02. The maximum atomic E-state index is 4.07. The Morgan fingerprint density at radius 1 is 1.54 bits per heavy atom. The molecule has 0 aromatic carbocycles. The average Bonchev–Trinajstić information content (AvgIpc) is 2.72. The van der Waals surface area contributed by atoms with E-state index in [2.05, 4.69) is 27.0 Å². The molecule has 3 heteroatoms. The normalized spacial score (nSPS) is 17.0. The van der Waals surface area contributed by atoms with Gasteiger partial charge >= 0.3 is 0 Å². The summed E-state index contributed by atoms with van der Waals surface area (Å²) in [6.07, 6.45) is 10.6. The molecule has 3 nitrogen and oxygen atoms in total. The van der Waals surface area contributed by atoms with Crippen LogP contribution in [0.5, 0.6) is 0 Å². The second-order valence-corrected chi connectivity index (χ2v) is 3.52. The van der Waals surface area contributed by atoms with Crippen LogP contribution in [-0.2, 0) is 13.6 Å². The fraction of sp³-hybridized carbons (Fsp3) is 0.500. The van der Waals surface area contributed by atoms with E-state index in [9.17, 15) is 0 Å². The second-order valence-electron chi connectivity index (χ2n) is 3.52. The van der Waals surface area contributed by atoms with Crippen LogP contribution in [0.15, 0.2) is 24.7 Å². The molecule has 13 heavy (non-hydrogen) atoms. The number of aromatic nitrogens is 2. The molecule has 0 saturated carbocycles. The Bertz CT molecular complexity index is 293. The van der Waals surface area contributed by atoms with Gasteiger partial charge in [0.2, 0.25) is 0 Å². The van der Waals surface area contributed by atoms with Crippen molar-refractivity contribution in [3.63, 3.8) is 0 Å². The fourth-order valence-electron chi connectivity index (χ4n) is 1.59. The summed E-state index contributed by atoms with van der Waals surface area (Å²) in [5.41, 5.74) is 1.24. The van der Waals surface area contributed by atoms with Gasteiger partial charge in [-0.25, -0.2) is 4.98 Å². The van der Waals surface area contributed by atoms with Gasteiger partial charge in [-0.2, -0.15) is 0 Å². The van der Waals surface area contributed by atoms with Crippen LogP contribution in [0.1, 0.15) is 18.5 Å². The summed E-state index contributed by atoms with van der Waals surface area (Å²) < 4.78 is 2.05. The van der Waals surface area contributed by atoms with E-state index in [0.29, 0.717) is 6.04 Å². The molecule has 1 N–H and O–H groups in total. The number of aryl methyl sites for hydroxylation is 1. The van der Waals surface area contributed by atoms with Gasteiger partial charge in [0.25, 0.3) is 0 Å². The minimum Gasteiger partial charge on any atom is -0.337 e. The van der Waals surface area contributed by atoms with Crippen LogP contribution >= 0.6 is 0 Å². The molecule has 1 heterocycles. The zero-order valence-corrected chi connectivity index (χ0v) is 7.90. The molecule has 0 bridgehead atoms. The molecule has 0 fully saturated rings. The molecular formula is C10H15N3. The van der Waals surface area contributed by atoms with Gasteiger partial charge < -0.3 is 9.88 Å². The highest BCUT2D eigenvalue weighted by molar-refractivity contribution is 5.01. The summed E-state index contributed by atoms with van der Waals surface area (Å²) >= 11 is 0. The maximum Gasteiger partial charge on any atom is 0.0945 e. The molecule has 70 valence electrons. The second kappa shape index (κ2) is 3.75. The van der Waals surface area contributed by atoms with E-state index in [1.54, 1.807) is 0 Å². The molecule has 1 aromatic rings. The lowest BCUT2D eigenvalue weighted by Crippen LogP contribution is -2.26. The lowest BCUT2D eigenvalue weighted by atomic mass is 10.2. The standard InChI is InChI=1S/C10H15N3/c1-13-8-11-6-10(13)7-12-9-4-2-3-5-9/h2-3,6,8-9,12H,4-5,7H2,1H3. The van der Waals surface area contributed by atoms with E-state index >= 15 is 0 Å². The van der Waals surface area contributed by atoms with Gasteiger partial charge in [0.15, 0.2) is 0 Å². The van der Waals surface area contributed by atoms with Crippen LogP contribution in [-0.4, -0.2) is 15.6 Å². The molecule has 0 unspecified atom stereocenters. The Morgan fingerprint density at radius 2 is 2.31 bits per heavy atom. The van der Waals surface area contributed by atoms with Crippen LogP contribution in [0.4, 0.5) is 0 Å². The van der Waals surface area contributed by atoms with E-state index in [4.69, 9.17) is 0 Å². The molecule has 2 rings (SSSR count). The quantitative estimate of drug-likeness (QED) is 0.704. The highest BCUT2D eigenvalue weighted by Gasteiger charge is 2.09. The summed E-state index contributed by atoms with van der Waals surface area (Å²) in [6.45, 7) is 0.919. The Kier molecular flexibility index (Phi) is 2.45. The number of imidazole rings is 1. The first kappa shape index (κ1) is 8.51. The predicted octanol–water partition coefficient (Wildman–Crippen LogP) is 1.23. The molecule has 1 aliphatic rings. The van der Waals surface area contributed by atoms with E-state index < -0.39 is 0 Å². The van der Waals surface area contributed by atoms with Crippen molar-refractivity contribution in [3.05, 3.63) is 30.4 Å². The first-order chi connectivity index (χ1) is 6.36. The summed E-state index contributed by atoms with van der Waals surface area (Å²) in [6, 6.07) is 0.634. The van der Waals surface area contributed by atoms with Crippen LogP contribution in [0.25, 0.3) is 0 Å². The van der Waals surface area contributed by atoms with E-state index in [0.717, 1.165) is 19.4 Å². The molecular weight excluding hydrogens is 162 g/mol. The smallest absolute Gasteiger partial charge is 0.0945 e. The van der Waals surface area contributed by atoms with Gasteiger partial charge in [-0.1, -0.05) is 12.2 Å². The Balaban J connectivity index is 1.82. The third kappa shape index (κ3) is 1.98. The molecule has 0 amide bonds. The van der Waals surface area contributed by atoms with Crippen LogP contribution in [0.2, 0.25) is 0 Å². The van der Waals surface area contributed by atoms with Gasteiger partial charge in [-0.15, -0.1) is 0 Å². The SMILES string of the molecule is Cn1cncc1CNC1CC=CC1. The topological polar surface area (TPSA) is 29.9 Å². The number of rotatable bonds is 3. The number of nitrogens with one attached hydrogen (secondary N) is 1. The van der Waals surface area contributed by atoms with Crippen LogP contribution in [0, 0.1) is 0 Å². The van der Waals surface area contributed by atoms with Crippen molar-refractivity contribution in [2.24, 2.45) is 7.05 Å². The highest BCUT2D eigenvalue weighted by Crippen LogP contribution is 2.09. The van der Waals surface area contributed by atoms with Crippen LogP contribution < -0.4 is 5.32 Å². The van der Waals surface area contributed by atoms with Crippen molar-refractivity contribution in [3.8, 4) is 0 Å². The third-order valence-electron chi connectivity index (χ3n) is 2.50. The highest BCUT2D eigenvalue weighted by atomic mass is 15.0. The van der Waals surface area contributed by atoms with Crippen molar-refractivity contribution in [2.75, 3.05) is 0 Å². The lowest BCUT2D eigenvalue weighted by molar-refractivity contribution is 0.526. The van der Waals surface area contributed by atoms with E-state index in [1.165, 1.54) is 5.69 Å². The molecule has 0 saturated heterocycles. The first-order valence-corrected chi connectivity index (χ1v) is 4.70. The third-order valence-corrected chi connectivity index (χ3v) is 2.50. The minimum atomic E-state index is 0.634. The van der Waals surface area contributed by atoms with Crippen LogP contribution in [0.3, 0.4) is 0 Å². The average molecular weight is 177 g/mol. The monoisotopic (exact) mass is 177 g/mol. The van der Waals surface area contributed by atoms with Gasteiger partial charge in [0.05, 0.1) is 12.0 Å². The first-order valence-electron chi connectivity index (χ1n) is 4.70. The van der Waals surface area contributed by atoms with Crippen molar-refractivity contribution < 1.29 is 0 Å². The largest absolute Gasteiger partial charge is 0.337 e. The number of hydrogen-bond acceptors (Lipinski definition) is 2. The zero-order chi connectivity index (χ0) is 9.10. The summed E-state index contributed by atoms with van der Waals surface area (Å²) in [5.74, 6) is 0. The fourth-order valence-corrected chi connectivity index (χ4v) is 1.59. The van der Waals surface area contributed by atoms with Gasteiger partial charge in [0.1, 0.15) is 0 Å². The Hall–Kier alpha value is -1.09. The summed E-state index contributed by atoms with van der Waals surface area (Å²) in [5, 5.41) is 3.50.